The molecule has 1 heterocycles. The van der Waals surface area contributed by atoms with E-state index in [9.17, 15) is 5.11 Å². The van der Waals surface area contributed by atoms with Crippen LogP contribution in [0.1, 0.15) is 51.4 Å². The second-order valence-electron chi connectivity index (χ2n) is 4.62. The van der Waals surface area contributed by atoms with Gasteiger partial charge in [-0.3, -0.25) is 0 Å². The molecule has 0 aromatic rings. The van der Waals surface area contributed by atoms with Crippen molar-refractivity contribution < 1.29 is 9.84 Å². The second-order valence-corrected chi connectivity index (χ2v) is 4.62. The zero-order valence-electron chi connectivity index (χ0n) is 8.30. The summed E-state index contributed by atoms with van der Waals surface area (Å²) in [6, 6.07) is 0. The van der Waals surface area contributed by atoms with Crippen molar-refractivity contribution in [2.45, 2.75) is 63.1 Å². The number of hydrogen-bond donors (Lipinski definition) is 1. The Morgan fingerprint density at radius 2 is 1.92 bits per heavy atom. The fourth-order valence-electron chi connectivity index (χ4n) is 2.63. The van der Waals surface area contributed by atoms with E-state index >= 15 is 0 Å². The monoisotopic (exact) mass is 184 g/mol. The van der Waals surface area contributed by atoms with Crippen LogP contribution in [0.3, 0.4) is 0 Å². The average Bonchev–Trinajstić information content (AvgIpc) is 2.54. The molecular formula is C11H20O2. The maximum absolute atomic E-state index is 10.2. The molecule has 1 aliphatic carbocycles. The minimum absolute atomic E-state index is 0.344. The molecule has 1 saturated carbocycles. The van der Waals surface area contributed by atoms with Gasteiger partial charge in [0.1, 0.15) is 0 Å². The lowest BCUT2D eigenvalue weighted by molar-refractivity contribution is -0.0537. The van der Waals surface area contributed by atoms with Gasteiger partial charge in [0, 0.05) is 13.0 Å². The van der Waals surface area contributed by atoms with Crippen LogP contribution in [0, 0.1) is 0 Å². The summed E-state index contributed by atoms with van der Waals surface area (Å²) in [6.07, 6.45) is 9.24. The number of rotatable bonds is 2. The zero-order chi connectivity index (χ0) is 9.15. The van der Waals surface area contributed by atoms with Gasteiger partial charge < -0.3 is 9.84 Å². The molecule has 1 aliphatic heterocycles. The Hall–Kier alpha value is -0.0800. The highest BCUT2D eigenvalue weighted by Crippen LogP contribution is 2.35. The first-order valence-electron chi connectivity index (χ1n) is 5.63. The lowest BCUT2D eigenvalue weighted by Gasteiger charge is -2.30. The summed E-state index contributed by atoms with van der Waals surface area (Å²) >= 11 is 0. The van der Waals surface area contributed by atoms with Crippen molar-refractivity contribution in [3.05, 3.63) is 0 Å². The lowest BCUT2D eigenvalue weighted by Crippen LogP contribution is -2.33. The number of ether oxygens (including phenoxy) is 1. The van der Waals surface area contributed by atoms with Crippen LogP contribution in [-0.4, -0.2) is 23.4 Å². The molecule has 2 nitrogen and oxygen atoms in total. The summed E-state index contributed by atoms with van der Waals surface area (Å²) < 4.78 is 5.65. The van der Waals surface area contributed by atoms with E-state index in [0.717, 1.165) is 32.3 Å². The Bertz CT molecular complexity index is 155. The van der Waals surface area contributed by atoms with Gasteiger partial charge >= 0.3 is 0 Å². The summed E-state index contributed by atoms with van der Waals surface area (Å²) in [5.41, 5.74) is -0.373. The Morgan fingerprint density at radius 3 is 2.54 bits per heavy atom. The SMILES string of the molecule is OC1(CC2CCCCO2)CCCC1. The third-order valence-electron chi connectivity index (χ3n) is 3.42. The van der Waals surface area contributed by atoms with Gasteiger partial charge in [-0.2, -0.15) is 0 Å². The summed E-state index contributed by atoms with van der Waals surface area (Å²) in [5, 5.41) is 10.2. The van der Waals surface area contributed by atoms with Gasteiger partial charge in [-0.05, 0) is 32.1 Å². The molecule has 0 aromatic carbocycles. The van der Waals surface area contributed by atoms with Crippen molar-refractivity contribution in [1.29, 1.82) is 0 Å². The molecule has 2 rings (SSSR count). The molecule has 0 radical (unpaired) electrons. The Morgan fingerprint density at radius 1 is 1.15 bits per heavy atom. The molecule has 0 bridgehead atoms. The zero-order valence-corrected chi connectivity index (χ0v) is 8.30. The van der Waals surface area contributed by atoms with Crippen LogP contribution in [-0.2, 0) is 4.74 Å². The topological polar surface area (TPSA) is 29.5 Å². The molecule has 1 atom stereocenters. The molecule has 1 saturated heterocycles. The highest BCUT2D eigenvalue weighted by molar-refractivity contribution is 4.87. The number of aliphatic hydroxyl groups is 1. The first-order valence-corrected chi connectivity index (χ1v) is 5.63. The molecule has 2 aliphatic rings. The van der Waals surface area contributed by atoms with Crippen molar-refractivity contribution >= 4 is 0 Å². The summed E-state index contributed by atoms with van der Waals surface area (Å²) in [7, 11) is 0. The highest BCUT2D eigenvalue weighted by atomic mass is 16.5. The average molecular weight is 184 g/mol. The molecule has 0 amide bonds. The molecule has 2 fully saturated rings. The summed E-state index contributed by atoms with van der Waals surface area (Å²) in [6.45, 7) is 0.904. The van der Waals surface area contributed by atoms with E-state index in [1.807, 2.05) is 0 Å². The molecule has 1 N–H and O–H groups in total. The smallest absolute Gasteiger partial charge is 0.0672 e. The largest absolute Gasteiger partial charge is 0.390 e. The van der Waals surface area contributed by atoms with Crippen LogP contribution in [0.25, 0.3) is 0 Å². The van der Waals surface area contributed by atoms with Gasteiger partial charge in [0.25, 0.3) is 0 Å². The predicted octanol–water partition coefficient (Wildman–Crippen LogP) is 2.25. The van der Waals surface area contributed by atoms with Crippen molar-refractivity contribution in [2.24, 2.45) is 0 Å². The van der Waals surface area contributed by atoms with Crippen molar-refractivity contribution in [2.75, 3.05) is 6.61 Å². The van der Waals surface area contributed by atoms with Gasteiger partial charge in [0.15, 0.2) is 0 Å². The van der Waals surface area contributed by atoms with Crippen LogP contribution >= 0.6 is 0 Å². The van der Waals surface area contributed by atoms with E-state index in [-0.39, 0.29) is 5.60 Å². The molecule has 2 heteroatoms. The fraction of sp³-hybridized carbons (Fsp3) is 1.00. The second kappa shape index (κ2) is 3.97. The summed E-state index contributed by atoms with van der Waals surface area (Å²) in [5.74, 6) is 0. The summed E-state index contributed by atoms with van der Waals surface area (Å²) in [4.78, 5) is 0. The molecule has 0 aromatic heterocycles. The Kier molecular flexibility index (Phi) is 2.89. The van der Waals surface area contributed by atoms with Crippen LogP contribution in [0.2, 0.25) is 0 Å². The van der Waals surface area contributed by atoms with E-state index in [0.29, 0.717) is 6.10 Å². The normalized spacial score (nSPS) is 33.5. The minimum Gasteiger partial charge on any atom is -0.390 e. The molecule has 0 spiro atoms. The van der Waals surface area contributed by atoms with Gasteiger partial charge in [-0.25, -0.2) is 0 Å². The predicted molar refractivity (Wildman–Crippen MR) is 51.6 cm³/mol. The van der Waals surface area contributed by atoms with Gasteiger partial charge in [-0.15, -0.1) is 0 Å². The van der Waals surface area contributed by atoms with Crippen LogP contribution in [0.5, 0.6) is 0 Å². The van der Waals surface area contributed by atoms with E-state index in [2.05, 4.69) is 0 Å². The first kappa shape index (κ1) is 9.47. The third-order valence-corrected chi connectivity index (χ3v) is 3.42. The van der Waals surface area contributed by atoms with E-state index in [1.54, 1.807) is 0 Å². The van der Waals surface area contributed by atoms with Crippen molar-refractivity contribution in [3.8, 4) is 0 Å². The molecule has 1 unspecified atom stereocenters. The van der Waals surface area contributed by atoms with Gasteiger partial charge in [-0.1, -0.05) is 12.8 Å². The number of hydrogen-bond acceptors (Lipinski definition) is 2. The molecule has 76 valence electrons. The first-order chi connectivity index (χ1) is 6.29. The molecule has 13 heavy (non-hydrogen) atoms. The Balaban J connectivity index is 1.81. The third kappa shape index (κ3) is 2.44. The minimum atomic E-state index is -0.373. The van der Waals surface area contributed by atoms with Crippen LogP contribution in [0.4, 0.5) is 0 Å². The molecular weight excluding hydrogens is 164 g/mol. The van der Waals surface area contributed by atoms with Crippen LogP contribution < -0.4 is 0 Å². The van der Waals surface area contributed by atoms with Gasteiger partial charge in [0.05, 0.1) is 11.7 Å². The lowest BCUT2D eigenvalue weighted by atomic mass is 9.91. The van der Waals surface area contributed by atoms with Crippen molar-refractivity contribution in [3.63, 3.8) is 0 Å². The highest BCUT2D eigenvalue weighted by Gasteiger charge is 2.34. The van der Waals surface area contributed by atoms with Crippen LogP contribution in [0.15, 0.2) is 0 Å². The van der Waals surface area contributed by atoms with E-state index in [1.165, 1.54) is 25.7 Å². The maximum atomic E-state index is 10.2. The fourth-order valence-corrected chi connectivity index (χ4v) is 2.63. The van der Waals surface area contributed by atoms with E-state index < -0.39 is 0 Å². The van der Waals surface area contributed by atoms with Crippen molar-refractivity contribution in [1.82, 2.24) is 0 Å². The Labute approximate surface area is 80.3 Å². The maximum Gasteiger partial charge on any atom is 0.0672 e. The standard InChI is InChI=1S/C11H20O2/c12-11(6-2-3-7-11)9-10-5-1-4-8-13-10/h10,12H,1-9H2. The van der Waals surface area contributed by atoms with Gasteiger partial charge in [0.2, 0.25) is 0 Å². The quantitative estimate of drug-likeness (QED) is 0.713. The van der Waals surface area contributed by atoms with E-state index in [4.69, 9.17) is 4.74 Å².